The number of aliphatic carboxylic acids is 1. The molecule has 0 aliphatic heterocycles. The Morgan fingerprint density at radius 3 is 2.27 bits per heavy atom. The number of carboxylic acids is 1. The van der Waals surface area contributed by atoms with E-state index in [1.54, 1.807) is 11.8 Å². The monoisotopic (exact) mass is 328 g/mol. The van der Waals surface area contributed by atoms with Crippen LogP contribution < -0.4 is 5.32 Å². The summed E-state index contributed by atoms with van der Waals surface area (Å²) in [6, 6.07) is 5.33. The lowest BCUT2D eigenvalue weighted by atomic mass is 10.1. The van der Waals surface area contributed by atoms with Crippen molar-refractivity contribution in [3.8, 4) is 0 Å². The van der Waals surface area contributed by atoms with Crippen LogP contribution in [0.5, 0.6) is 0 Å². The second kappa shape index (κ2) is 9.43. The lowest BCUT2D eigenvalue weighted by Gasteiger charge is -2.26. The van der Waals surface area contributed by atoms with Crippen LogP contribution in [0.1, 0.15) is 31.4 Å². The number of rotatable bonds is 7. The third-order valence-corrected chi connectivity index (χ3v) is 3.51. The number of amides is 1. The maximum atomic E-state index is 12.4. The van der Waals surface area contributed by atoms with Crippen LogP contribution in [0, 0.1) is 13.8 Å². The molecule has 0 heterocycles. The molecular weight excluding hydrogens is 304 g/mol. The van der Waals surface area contributed by atoms with Crippen LogP contribution in [-0.2, 0) is 9.59 Å². The predicted octanol–water partition coefficient (Wildman–Crippen LogP) is 2.85. The fraction of sp³-hybridized carbons (Fsp3) is 0.500. The molecule has 1 unspecified atom stereocenters. The first-order chi connectivity index (χ1) is 9.86. The number of carboxylic acid groups (broad SMARTS) is 1. The van der Waals surface area contributed by atoms with Gasteiger partial charge >= 0.3 is 5.97 Å². The molecule has 1 rings (SSSR count). The summed E-state index contributed by atoms with van der Waals surface area (Å²) in [6.07, 6.45) is 0.800. The van der Waals surface area contributed by atoms with Gasteiger partial charge in [0.2, 0.25) is 5.91 Å². The number of carbonyl (C=O) groups excluding carboxylic acids is 1. The molecule has 1 atom stereocenters. The molecule has 0 radical (unpaired) electrons. The van der Waals surface area contributed by atoms with E-state index in [4.69, 9.17) is 5.11 Å². The van der Waals surface area contributed by atoms with Gasteiger partial charge in [-0.3, -0.25) is 14.5 Å². The zero-order valence-corrected chi connectivity index (χ0v) is 14.4. The van der Waals surface area contributed by atoms with Gasteiger partial charge in [0.05, 0.1) is 12.6 Å². The lowest BCUT2D eigenvalue weighted by Crippen LogP contribution is -2.45. The standard InChI is InChI=1S/C16H24N2O3.ClH/c1-5-9-18(10-14(19)20)13(4)16(21)17-15-11(2)7-6-8-12(15)3;/h6-8,13H,5,9-10H2,1-4H3,(H,17,21)(H,19,20);1H. The van der Waals surface area contributed by atoms with E-state index in [0.29, 0.717) is 6.54 Å². The number of hydrogen-bond donors (Lipinski definition) is 2. The summed E-state index contributed by atoms with van der Waals surface area (Å²) in [6.45, 7) is 8.03. The largest absolute Gasteiger partial charge is 0.480 e. The average molecular weight is 329 g/mol. The highest BCUT2D eigenvalue weighted by Crippen LogP contribution is 2.20. The first kappa shape index (κ1) is 20.4. The van der Waals surface area contributed by atoms with Crippen molar-refractivity contribution in [3.05, 3.63) is 29.3 Å². The van der Waals surface area contributed by atoms with Gasteiger partial charge < -0.3 is 10.4 Å². The fourth-order valence-electron chi connectivity index (χ4n) is 2.28. The minimum atomic E-state index is -0.921. The Morgan fingerprint density at radius 1 is 1.27 bits per heavy atom. The zero-order chi connectivity index (χ0) is 16.0. The van der Waals surface area contributed by atoms with E-state index in [1.165, 1.54) is 0 Å². The van der Waals surface area contributed by atoms with Gasteiger partial charge in [-0.2, -0.15) is 0 Å². The highest BCUT2D eigenvalue weighted by Gasteiger charge is 2.23. The average Bonchev–Trinajstić information content (AvgIpc) is 2.41. The molecule has 124 valence electrons. The lowest BCUT2D eigenvalue weighted by molar-refractivity contribution is -0.139. The number of nitrogens with one attached hydrogen (secondary N) is 1. The van der Waals surface area contributed by atoms with Crippen LogP contribution >= 0.6 is 12.4 Å². The van der Waals surface area contributed by atoms with Crippen LogP contribution in [-0.4, -0.2) is 41.0 Å². The molecule has 0 aliphatic carbocycles. The normalized spacial score (nSPS) is 11.7. The number of carbonyl (C=O) groups is 2. The minimum absolute atomic E-state index is 0. The zero-order valence-electron chi connectivity index (χ0n) is 13.5. The van der Waals surface area contributed by atoms with Crippen molar-refractivity contribution in [2.24, 2.45) is 0 Å². The van der Waals surface area contributed by atoms with Crippen LogP contribution in [0.3, 0.4) is 0 Å². The van der Waals surface area contributed by atoms with E-state index < -0.39 is 12.0 Å². The van der Waals surface area contributed by atoms with E-state index >= 15 is 0 Å². The van der Waals surface area contributed by atoms with Crippen LogP contribution in [0.2, 0.25) is 0 Å². The maximum absolute atomic E-state index is 12.4. The molecule has 2 N–H and O–H groups in total. The number of anilines is 1. The summed E-state index contributed by atoms with van der Waals surface area (Å²) in [5, 5.41) is 11.9. The third kappa shape index (κ3) is 5.66. The molecule has 1 aromatic rings. The van der Waals surface area contributed by atoms with Crippen LogP contribution in [0.4, 0.5) is 5.69 Å². The number of hydrogen-bond acceptors (Lipinski definition) is 3. The van der Waals surface area contributed by atoms with Gasteiger partial charge in [-0.15, -0.1) is 12.4 Å². The smallest absolute Gasteiger partial charge is 0.317 e. The van der Waals surface area contributed by atoms with Crippen molar-refractivity contribution >= 4 is 30.0 Å². The summed E-state index contributed by atoms with van der Waals surface area (Å²) < 4.78 is 0. The molecule has 0 bridgehead atoms. The third-order valence-electron chi connectivity index (χ3n) is 3.51. The first-order valence-corrected chi connectivity index (χ1v) is 7.19. The molecule has 0 saturated heterocycles. The van der Waals surface area contributed by atoms with Crippen molar-refractivity contribution in [1.29, 1.82) is 0 Å². The Hall–Kier alpha value is -1.59. The molecule has 0 aliphatic rings. The van der Waals surface area contributed by atoms with Crippen molar-refractivity contribution in [1.82, 2.24) is 4.90 Å². The van der Waals surface area contributed by atoms with Crippen molar-refractivity contribution in [3.63, 3.8) is 0 Å². The highest BCUT2D eigenvalue weighted by molar-refractivity contribution is 5.96. The summed E-state index contributed by atoms with van der Waals surface area (Å²) in [5.41, 5.74) is 2.80. The van der Waals surface area contributed by atoms with E-state index in [0.717, 1.165) is 23.2 Å². The second-order valence-electron chi connectivity index (χ2n) is 5.30. The SMILES string of the molecule is CCCN(CC(=O)O)C(C)C(=O)Nc1c(C)cccc1C.Cl. The Kier molecular flexibility index (Phi) is 8.75. The molecule has 22 heavy (non-hydrogen) atoms. The van der Waals surface area contributed by atoms with Gasteiger partial charge in [0.15, 0.2) is 0 Å². The summed E-state index contributed by atoms with van der Waals surface area (Å²) in [4.78, 5) is 24.9. The van der Waals surface area contributed by atoms with Gasteiger partial charge in [0.1, 0.15) is 0 Å². The molecular formula is C16H25ClN2O3. The summed E-state index contributed by atoms with van der Waals surface area (Å²) in [7, 11) is 0. The highest BCUT2D eigenvalue weighted by atomic mass is 35.5. The second-order valence-corrected chi connectivity index (χ2v) is 5.30. The van der Waals surface area contributed by atoms with Crippen molar-refractivity contribution in [2.45, 2.75) is 40.2 Å². The fourth-order valence-corrected chi connectivity index (χ4v) is 2.28. The Labute approximate surface area is 138 Å². The molecule has 0 spiro atoms. The van der Waals surface area contributed by atoms with Crippen molar-refractivity contribution < 1.29 is 14.7 Å². The predicted molar refractivity (Wildman–Crippen MR) is 90.8 cm³/mol. The molecule has 5 nitrogen and oxygen atoms in total. The molecule has 0 saturated carbocycles. The number of halogens is 1. The molecule has 0 aromatic heterocycles. The molecule has 1 amide bonds. The molecule has 6 heteroatoms. The number of para-hydroxylation sites is 1. The number of nitrogens with zero attached hydrogens (tertiary/aromatic N) is 1. The molecule has 0 fully saturated rings. The quantitative estimate of drug-likeness (QED) is 0.807. The molecule has 1 aromatic carbocycles. The van der Waals surface area contributed by atoms with Crippen molar-refractivity contribution in [2.75, 3.05) is 18.4 Å². The number of benzene rings is 1. The van der Waals surface area contributed by atoms with Gasteiger partial charge in [0, 0.05) is 5.69 Å². The summed E-state index contributed by atoms with van der Waals surface area (Å²) >= 11 is 0. The van der Waals surface area contributed by atoms with Gasteiger partial charge in [-0.05, 0) is 44.9 Å². The minimum Gasteiger partial charge on any atom is -0.480 e. The van der Waals surface area contributed by atoms with Gasteiger partial charge in [-0.25, -0.2) is 0 Å². The van der Waals surface area contributed by atoms with E-state index in [-0.39, 0.29) is 24.9 Å². The Bertz CT molecular complexity index is 500. The van der Waals surface area contributed by atoms with Crippen LogP contribution in [0.15, 0.2) is 18.2 Å². The topological polar surface area (TPSA) is 69.6 Å². The van der Waals surface area contributed by atoms with E-state index in [1.807, 2.05) is 39.0 Å². The Morgan fingerprint density at radius 2 is 1.82 bits per heavy atom. The van der Waals surface area contributed by atoms with Gasteiger partial charge in [0.25, 0.3) is 0 Å². The van der Waals surface area contributed by atoms with Crippen LogP contribution in [0.25, 0.3) is 0 Å². The van der Waals surface area contributed by atoms with E-state index in [9.17, 15) is 9.59 Å². The van der Waals surface area contributed by atoms with Gasteiger partial charge in [-0.1, -0.05) is 25.1 Å². The summed E-state index contributed by atoms with van der Waals surface area (Å²) in [5.74, 6) is -1.10. The number of aryl methyl sites for hydroxylation is 2. The Balaban J connectivity index is 0.00000441. The maximum Gasteiger partial charge on any atom is 0.317 e. The first-order valence-electron chi connectivity index (χ1n) is 7.19. The van der Waals surface area contributed by atoms with E-state index in [2.05, 4.69) is 5.32 Å².